The van der Waals surface area contributed by atoms with Gasteiger partial charge in [0.1, 0.15) is 5.84 Å². The first-order valence-corrected chi connectivity index (χ1v) is 8.82. The molecule has 9 heteroatoms. The third kappa shape index (κ3) is 3.16. The van der Waals surface area contributed by atoms with Gasteiger partial charge < -0.3 is 9.09 Å². The molecule has 0 bridgehead atoms. The van der Waals surface area contributed by atoms with Gasteiger partial charge in [-0.3, -0.25) is 25.2 Å². The Morgan fingerprint density at radius 2 is 2.10 bits per heavy atom. The van der Waals surface area contributed by atoms with E-state index in [9.17, 15) is 9.18 Å². The lowest BCUT2D eigenvalue weighted by Gasteiger charge is -2.19. The van der Waals surface area contributed by atoms with Crippen molar-refractivity contribution in [1.29, 1.82) is 10.8 Å². The number of nitrogens with zero attached hydrogens (tertiary/aromatic N) is 4. The molecule has 1 atom stereocenters. The summed E-state index contributed by atoms with van der Waals surface area (Å²) in [7, 11) is 0. The van der Waals surface area contributed by atoms with Gasteiger partial charge in [-0.1, -0.05) is 5.16 Å². The first-order valence-electron chi connectivity index (χ1n) is 8.82. The Labute approximate surface area is 163 Å². The van der Waals surface area contributed by atoms with E-state index < -0.39 is 17.3 Å². The molecule has 2 N–H and O–H groups in total. The summed E-state index contributed by atoms with van der Waals surface area (Å²) in [6, 6.07) is 7.04. The Balaban J connectivity index is 1.80. The Kier molecular flexibility index (Phi) is 4.42. The third-order valence-electron chi connectivity index (χ3n) is 4.70. The second kappa shape index (κ2) is 6.93. The number of pyridine rings is 3. The highest BCUT2D eigenvalue weighted by Crippen LogP contribution is 2.20. The van der Waals surface area contributed by atoms with E-state index in [4.69, 9.17) is 15.3 Å². The normalized spacial score (nSPS) is 12.2. The van der Waals surface area contributed by atoms with Crippen LogP contribution in [0.5, 0.6) is 0 Å². The van der Waals surface area contributed by atoms with Crippen LogP contribution in [0.2, 0.25) is 0 Å². The molecule has 0 aliphatic rings. The van der Waals surface area contributed by atoms with Crippen molar-refractivity contribution in [2.75, 3.05) is 0 Å². The summed E-state index contributed by atoms with van der Waals surface area (Å²) >= 11 is 0. The minimum absolute atomic E-state index is 0.141. The number of hydrogen-bond acceptors (Lipinski definition) is 6. The highest BCUT2D eigenvalue weighted by atomic mass is 19.1. The van der Waals surface area contributed by atoms with E-state index in [1.54, 1.807) is 50.5 Å². The number of rotatable bonds is 3. The predicted octanol–water partition coefficient (Wildman–Crippen LogP) is 2.87. The van der Waals surface area contributed by atoms with Gasteiger partial charge in [-0.15, -0.1) is 0 Å². The molecular weight excluding hydrogens is 375 g/mol. The largest absolute Gasteiger partial charge is 0.356 e. The molecule has 0 aliphatic carbocycles. The molecule has 29 heavy (non-hydrogen) atoms. The highest BCUT2D eigenvalue weighted by molar-refractivity contribution is 5.86. The zero-order valence-electron chi connectivity index (χ0n) is 15.7. The fraction of sp³-hybridized carbons (Fsp3) is 0.150. The van der Waals surface area contributed by atoms with Gasteiger partial charge >= 0.3 is 0 Å². The monoisotopic (exact) mass is 392 g/mol. The van der Waals surface area contributed by atoms with Gasteiger partial charge in [-0.25, -0.2) is 4.39 Å². The molecule has 4 heterocycles. The van der Waals surface area contributed by atoms with Gasteiger partial charge in [-0.2, -0.15) is 0 Å². The van der Waals surface area contributed by atoms with Crippen molar-refractivity contribution in [3.63, 3.8) is 0 Å². The summed E-state index contributed by atoms with van der Waals surface area (Å²) in [5.41, 5.74) is 0.711. The summed E-state index contributed by atoms with van der Waals surface area (Å²) in [5.74, 6) is -0.634. The van der Waals surface area contributed by atoms with Crippen LogP contribution >= 0.6 is 0 Å². The number of nitrogens with one attached hydrogen (secondary N) is 2. The number of fused-ring (bicyclic) bond motifs is 1. The summed E-state index contributed by atoms with van der Waals surface area (Å²) < 4.78 is 22.0. The predicted molar refractivity (Wildman–Crippen MR) is 104 cm³/mol. The zero-order valence-corrected chi connectivity index (χ0v) is 15.7. The van der Waals surface area contributed by atoms with Crippen molar-refractivity contribution < 1.29 is 8.91 Å². The van der Waals surface area contributed by atoms with Gasteiger partial charge in [-0.05, 0) is 38.1 Å². The van der Waals surface area contributed by atoms with E-state index in [0.717, 1.165) is 10.6 Å². The fourth-order valence-electron chi connectivity index (χ4n) is 3.11. The molecule has 0 spiro atoms. The number of aromatic nitrogens is 4. The van der Waals surface area contributed by atoms with E-state index in [2.05, 4.69) is 10.1 Å². The fourth-order valence-corrected chi connectivity index (χ4v) is 3.11. The molecule has 0 aliphatic heterocycles. The standard InChI is InChI=1S/C20H17FN6O2/c1-11-8-17(29-25-11)13-9-15(21)19(23)27(10-13)18(22)12(2)26-7-5-16-14(20(26)28)4-3-6-24-16/h3-10,12,22-23H,1-2H3/t12-/m1/s1. The van der Waals surface area contributed by atoms with Crippen molar-refractivity contribution in [3.8, 4) is 11.3 Å². The molecule has 0 fully saturated rings. The molecule has 4 rings (SSSR count). The summed E-state index contributed by atoms with van der Waals surface area (Å²) in [4.78, 5) is 17.0. The number of aryl methyl sites for hydroxylation is 1. The van der Waals surface area contributed by atoms with Gasteiger partial charge in [0.05, 0.1) is 22.6 Å². The van der Waals surface area contributed by atoms with E-state index in [1.807, 2.05) is 0 Å². The molecule has 4 aromatic heterocycles. The quantitative estimate of drug-likeness (QED) is 0.412. The first kappa shape index (κ1) is 18.5. The molecule has 4 aromatic rings. The first-order chi connectivity index (χ1) is 13.9. The van der Waals surface area contributed by atoms with Crippen LogP contribution in [0.1, 0.15) is 18.7 Å². The average Bonchev–Trinajstić information content (AvgIpc) is 3.16. The molecule has 8 nitrogen and oxygen atoms in total. The third-order valence-corrected chi connectivity index (χ3v) is 4.70. The lowest BCUT2D eigenvalue weighted by atomic mass is 10.2. The van der Waals surface area contributed by atoms with Gasteiger partial charge in [0.25, 0.3) is 5.56 Å². The zero-order chi connectivity index (χ0) is 20.7. The van der Waals surface area contributed by atoms with Crippen molar-refractivity contribution in [1.82, 2.24) is 19.3 Å². The highest BCUT2D eigenvalue weighted by Gasteiger charge is 2.19. The van der Waals surface area contributed by atoms with Crippen molar-refractivity contribution in [2.24, 2.45) is 0 Å². The Hall–Kier alpha value is -3.88. The van der Waals surface area contributed by atoms with Crippen LogP contribution in [0.25, 0.3) is 22.2 Å². The maximum Gasteiger partial charge on any atom is 0.260 e. The van der Waals surface area contributed by atoms with Crippen molar-refractivity contribution in [2.45, 2.75) is 19.9 Å². The number of hydrogen-bond donors (Lipinski definition) is 2. The summed E-state index contributed by atoms with van der Waals surface area (Å²) in [6.45, 7) is 3.38. The van der Waals surface area contributed by atoms with Crippen LogP contribution < -0.4 is 11.0 Å². The van der Waals surface area contributed by atoms with Crippen LogP contribution in [-0.2, 0) is 0 Å². The summed E-state index contributed by atoms with van der Waals surface area (Å²) in [5, 5.41) is 20.8. The second-order valence-corrected chi connectivity index (χ2v) is 6.65. The second-order valence-electron chi connectivity index (χ2n) is 6.65. The minimum atomic E-state index is -0.816. The van der Waals surface area contributed by atoms with E-state index in [-0.39, 0.29) is 11.4 Å². The van der Waals surface area contributed by atoms with E-state index in [0.29, 0.717) is 27.9 Å². The molecule has 0 aromatic carbocycles. The smallest absolute Gasteiger partial charge is 0.260 e. The Morgan fingerprint density at radius 3 is 2.83 bits per heavy atom. The van der Waals surface area contributed by atoms with Crippen LogP contribution in [0, 0.1) is 23.6 Å². The Morgan fingerprint density at radius 1 is 1.31 bits per heavy atom. The Bertz CT molecular complexity index is 1370. The van der Waals surface area contributed by atoms with Crippen LogP contribution in [-0.4, -0.2) is 25.1 Å². The average molecular weight is 392 g/mol. The topological polar surface area (TPSA) is 114 Å². The van der Waals surface area contributed by atoms with Crippen LogP contribution in [0.4, 0.5) is 4.39 Å². The molecular formula is C20H17FN6O2. The molecule has 146 valence electrons. The lowest BCUT2D eigenvalue weighted by molar-refractivity contribution is 0.426. The molecule has 0 radical (unpaired) electrons. The van der Waals surface area contributed by atoms with Crippen LogP contribution in [0.3, 0.4) is 0 Å². The van der Waals surface area contributed by atoms with Gasteiger partial charge in [0.2, 0.25) is 0 Å². The maximum atomic E-state index is 14.4. The molecule has 0 saturated heterocycles. The minimum Gasteiger partial charge on any atom is -0.356 e. The van der Waals surface area contributed by atoms with E-state index in [1.165, 1.54) is 10.8 Å². The van der Waals surface area contributed by atoms with E-state index >= 15 is 0 Å². The number of halogens is 1. The van der Waals surface area contributed by atoms with Crippen LogP contribution in [0.15, 0.2) is 58.2 Å². The summed E-state index contributed by atoms with van der Waals surface area (Å²) in [6.07, 6.45) is 4.57. The maximum absolute atomic E-state index is 14.4. The van der Waals surface area contributed by atoms with Crippen molar-refractivity contribution >= 4 is 16.7 Å². The molecule has 0 amide bonds. The molecule has 0 saturated carbocycles. The van der Waals surface area contributed by atoms with Crippen molar-refractivity contribution in [3.05, 3.63) is 76.3 Å². The lowest BCUT2D eigenvalue weighted by Crippen LogP contribution is -2.36. The SMILES string of the molecule is Cc1cc(-c2cc(F)c(=N)n(C(=N)[C@@H](C)n3ccc4ncccc4c3=O)c2)on1. The van der Waals surface area contributed by atoms with Gasteiger partial charge in [0, 0.05) is 30.2 Å². The van der Waals surface area contributed by atoms with Gasteiger partial charge in [0.15, 0.2) is 17.1 Å². The molecule has 0 unspecified atom stereocenters.